The minimum absolute atomic E-state index is 0.101. The fourth-order valence-electron chi connectivity index (χ4n) is 11.1. The number of hydrogen-bond acceptors (Lipinski definition) is 32. The molecule has 6 fully saturated rings. The minimum Gasteiger partial charge on any atom is -0.387 e. The number of nitrogens with zero attached hydrogens (tertiary/aromatic N) is 12. The molecule has 38 nitrogen and oxygen atoms in total. The van der Waals surface area contributed by atoms with Gasteiger partial charge in [0, 0.05) is 12.4 Å². The van der Waals surface area contributed by atoms with Crippen molar-refractivity contribution >= 4 is 131 Å². The molecule has 14 rings (SSSR count). The molecule has 8 unspecified atom stereocenters. The minimum atomic E-state index is -4.32. The largest absolute Gasteiger partial charge is 0.387 e. The monoisotopic (exact) mass is 1410 g/mol. The lowest BCUT2D eigenvalue weighted by atomic mass is 10.1. The van der Waals surface area contributed by atoms with Gasteiger partial charge in [-0.1, -0.05) is 12.2 Å². The Balaban J connectivity index is 0.000000165. The summed E-state index contributed by atoms with van der Waals surface area (Å²) in [6.45, 7) is -15.7. The van der Waals surface area contributed by atoms with E-state index in [4.69, 9.17) is 102 Å². The van der Waals surface area contributed by atoms with Gasteiger partial charge in [-0.05, 0) is 61.4 Å². The molecule has 0 aliphatic carbocycles. The average molecular weight is 1410 g/mol. The van der Waals surface area contributed by atoms with Gasteiger partial charge in [0.1, 0.15) is 120 Å². The predicted octanol–water partition coefficient (Wildman–Crippen LogP) is -0.734. The fourth-order valence-corrected chi connectivity index (χ4v) is 16.8. The molecule has 4 bridgehead atoms. The first-order valence-corrected chi connectivity index (χ1v) is 37.1. The number of nitrogen functional groups attached to an aromatic ring is 2. The number of aromatic nitrogens is 14. The van der Waals surface area contributed by atoms with Crippen molar-refractivity contribution in [3.63, 3.8) is 0 Å². The molecule has 20 atom stereocenters. The fraction of sp³-hybridized carbons (Fsp3) is 0.500. The van der Waals surface area contributed by atoms with Gasteiger partial charge in [0.25, 0.3) is 11.1 Å². The molecule has 0 saturated carbocycles. The summed E-state index contributed by atoms with van der Waals surface area (Å²) in [4.78, 5) is 96.5. The number of H-pyrrole nitrogens is 2. The molecular formula is C44H52N16O22P4S4. The Hall–Kier alpha value is -4.69. The van der Waals surface area contributed by atoms with E-state index in [1.165, 1.54) is 68.1 Å². The van der Waals surface area contributed by atoms with Gasteiger partial charge < -0.3 is 98.2 Å². The zero-order valence-corrected chi connectivity index (χ0v) is 52.8. The molecule has 90 heavy (non-hydrogen) atoms. The molecule has 0 aromatic carbocycles. The van der Waals surface area contributed by atoms with Crippen LogP contribution in [-0.4, -0.2) is 203 Å². The van der Waals surface area contributed by atoms with Crippen LogP contribution in [0.25, 0.3) is 44.4 Å². The molecule has 484 valence electrons. The predicted molar refractivity (Wildman–Crippen MR) is 319 cm³/mol. The van der Waals surface area contributed by atoms with Gasteiger partial charge >= 0.3 is 27.0 Å². The molecule has 6 aliphatic heterocycles. The summed E-state index contributed by atoms with van der Waals surface area (Å²) in [6.07, 6.45) is -12.9. The van der Waals surface area contributed by atoms with E-state index in [0.29, 0.717) is 11.6 Å². The maximum Gasteiger partial charge on any atom is 0.386 e. The number of aliphatic hydroxyl groups is 4. The second kappa shape index (κ2) is 24.3. The van der Waals surface area contributed by atoms with Crippen molar-refractivity contribution in [1.82, 2.24) is 68.1 Å². The Morgan fingerprint density at radius 1 is 0.522 bits per heavy atom. The number of nitrogens with one attached hydrogen (secondary N) is 2. The molecule has 46 heteroatoms. The molecule has 8 aromatic heterocycles. The Morgan fingerprint density at radius 3 is 1.33 bits per heavy atom. The number of rotatable bonds is 4. The van der Waals surface area contributed by atoms with Crippen LogP contribution >= 0.6 is 39.2 Å². The van der Waals surface area contributed by atoms with Crippen molar-refractivity contribution in [1.29, 1.82) is 0 Å². The lowest BCUT2D eigenvalue weighted by Crippen LogP contribution is -2.36. The Labute approximate surface area is 523 Å². The molecular weight excluding hydrogens is 1360 g/mol. The van der Waals surface area contributed by atoms with Crippen LogP contribution in [0.5, 0.6) is 0 Å². The molecule has 6 aliphatic rings. The number of aryl methyl sites for hydroxylation is 2. The van der Waals surface area contributed by atoms with Crippen LogP contribution in [-0.2, 0) is 95.1 Å². The highest BCUT2D eigenvalue weighted by atomic mass is 32.7. The summed E-state index contributed by atoms with van der Waals surface area (Å²) in [6, 6.07) is 3.00. The maximum absolute atomic E-state index is 13.6. The molecule has 0 radical (unpaired) electrons. The summed E-state index contributed by atoms with van der Waals surface area (Å²) in [5, 5.41) is 45.4. The number of anilines is 2. The van der Waals surface area contributed by atoms with Crippen molar-refractivity contribution in [2.45, 2.75) is 112 Å². The Bertz CT molecular complexity index is 4160. The van der Waals surface area contributed by atoms with Gasteiger partial charge in [-0.25, -0.2) is 44.4 Å². The number of aromatic amines is 2. The lowest BCUT2D eigenvalue weighted by molar-refractivity contribution is -0.0605. The van der Waals surface area contributed by atoms with Crippen molar-refractivity contribution in [3.05, 3.63) is 82.2 Å². The Morgan fingerprint density at radius 2 is 0.900 bits per heavy atom. The van der Waals surface area contributed by atoms with Gasteiger partial charge in [0.15, 0.2) is 47.8 Å². The van der Waals surface area contributed by atoms with E-state index in [9.17, 15) is 49.3 Å². The van der Waals surface area contributed by atoms with E-state index in [1.54, 1.807) is 13.8 Å². The van der Waals surface area contributed by atoms with E-state index < -0.39 is 163 Å². The summed E-state index contributed by atoms with van der Waals surface area (Å²) in [5.74, 6) is 0.848. The molecule has 6 saturated heterocycles. The first-order chi connectivity index (χ1) is 42.6. The maximum atomic E-state index is 13.6. The summed E-state index contributed by atoms with van der Waals surface area (Å²) in [7, 11) is 0. The van der Waals surface area contributed by atoms with Crippen molar-refractivity contribution < 1.29 is 94.8 Å². The summed E-state index contributed by atoms with van der Waals surface area (Å²) < 4.78 is 88.6. The van der Waals surface area contributed by atoms with Crippen LogP contribution in [0, 0.1) is 13.8 Å². The number of ether oxygens (including phenoxy) is 4. The van der Waals surface area contributed by atoms with Crippen LogP contribution in [0.15, 0.2) is 59.4 Å². The second-order valence-corrected chi connectivity index (χ2v) is 32.2. The highest BCUT2D eigenvalue weighted by Crippen LogP contribution is 2.59. The molecule has 13 N–H and O–H groups in total. The molecule has 0 spiro atoms. The molecule has 0 amide bonds. The van der Waals surface area contributed by atoms with E-state index in [0.717, 1.165) is 0 Å². The van der Waals surface area contributed by atoms with E-state index >= 15 is 0 Å². The van der Waals surface area contributed by atoms with Gasteiger partial charge in [-0.3, -0.25) is 41.3 Å². The number of aliphatic hydroxyl groups excluding tert-OH is 4. The topological polar surface area (TPSA) is 510 Å². The van der Waals surface area contributed by atoms with E-state index in [2.05, 4.69) is 62.1 Å². The second-order valence-electron chi connectivity index (χ2n) is 20.9. The number of nitrogens with two attached hydrogens (primary N) is 2. The third kappa shape index (κ3) is 12.2. The van der Waals surface area contributed by atoms with Crippen LogP contribution < -0.4 is 22.6 Å². The smallest absolute Gasteiger partial charge is 0.386 e. The first kappa shape index (κ1) is 64.0. The Kier molecular flexibility index (Phi) is 17.3. The summed E-state index contributed by atoms with van der Waals surface area (Å²) >= 11 is 19.9. The van der Waals surface area contributed by atoms with Gasteiger partial charge in [0.05, 0.1) is 49.9 Å². The highest BCUT2D eigenvalue weighted by Gasteiger charge is 2.55. The van der Waals surface area contributed by atoms with Crippen LogP contribution in [0.4, 0.5) is 11.6 Å². The molecule has 8 aromatic rings. The first-order valence-electron chi connectivity index (χ1n) is 26.6. The quantitative estimate of drug-likeness (QED) is 0.0763. The van der Waals surface area contributed by atoms with Crippen LogP contribution in [0.3, 0.4) is 0 Å². The zero-order chi connectivity index (χ0) is 63.7. The SMILES string of the molecule is Cc1nc2c(ccn2[C@@H]2O[C@@H]3COP(O)(=S)O[C@@H]4C(O)[C@H](n5cnc6c(N)ncnc65)O[C@@H]4COP(=O)(S)O[C@H]2C3O)c(=O)[nH]1.Cc1nc2c(ccn2[C@@H]2O[C@@H]3COP(O)(=S)O[C@@H]4C(O)[C@H](n5cnc6c(N)ncnc65)O[C@@H]4COP(O)(=S)O[C@H]2C3O)c(=O)[nH]1. The van der Waals surface area contributed by atoms with Gasteiger partial charge in [-0.2, -0.15) is 0 Å². The molecule has 14 heterocycles. The third-order valence-corrected chi connectivity index (χ3v) is 21.4. The van der Waals surface area contributed by atoms with Crippen molar-refractivity contribution in [3.8, 4) is 0 Å². The highest BCUT2D eigenvalue weighted by molar-refractivity contribution is 8.44. The van der Waals surface area contributed by atoms with Crippen LogP contribution in [0.2, 0.25) is 0 Å². The normalized spacial score (nSPS) is 37.7. The van der Waals surface area contributed by atoms with E-state index in [1.807, 2.05) is 0 Å². The van der Waals surface area contributed by atoms with E-state index in [-0.39, 0.29) is 56.0 Å². The zero-order valence-electron chi connectivity index (χ0n) is 45.9. The number of thiol groups is 1. The van der Waals surface area contributed by atoms with Gasteiger partial charge in [-0.15, -0.1) is 0 Å². The average Bonchev–Trinajstić information content (AvgIpc) is 1.81. The number of hydrogen-bond donors (Lipinski definition) is 12. The standard InChI is InChI=1S/2C22H26N8O11P2S2/c2*1-8-27-18-9(20(33)28-8)2-3-29(18)22-16-13(31)10(38-22)4-36-42(34,44)40-15-11(5-37-43(35,45)41-16)39-21(14(15)32)30-7-26-12-17(23)24-6-25-19(12)30/h2*2-3,6-7,10-11,13-16,21-22,31-32H,4-5H2,1H3,(H,34,44)(H,35,45)(H2,23,24,25)(H,27,28,33)/t2*10-,11-,13?,14?,15+,16+,21-,22-,42?,43?/m11/s1. The van der Waals surface area contributed by atoms with Crippen LogP contribution in [0.1, 0.15) is 36.6 Å². The van der Waals surface area contributed by atoms with Gasteiger partial charge in [0.2, 0.25) is 0 Å². The van der Waals surface area contributed by atoms with Crippen molar-refractivity contribution in [2.75, 3.05) is 37.9 Å². The van der Waals surface area contributed by atoms with Crippen molar-refractivity contribution in [2.24, 2.45) is 0 Å². The number of imidazole rings is 2. The summed E-state index contributed by atoms with van der Waals surface area (Å²) in [5.41, 5.74) is 12.4. The lowest BCUT2D eigenvalue weighted by Gasteiger charge is -2.28. The number of fused-ring (bicyclic) bond motifs is 10. The third-order valence-electron chi connectivity index (χ3n) is 15.1.